The van der Waals surface area contributed by atoms with Crippen LogP contribution in [0.15, 0.2) is 42.9 Å². The van der Waals surface area contributed by atoms with Gasteiger partial charge in [-0.15, -0.1) is 0 Å². The molecular formula is C19H18FN5O2. The number of rotatable bonds is 4. The van der Waals surface area contributed by atoms with E-state index in [4.69, 9.17) is 9.47 Å². The second-order valence-electron chi connectivity index (χ2n) is 6.05. The molecule has 3 heterocycles. The van der Waals surface area contributed by atoms with E-state index in [0.29, 0.717) is 36.1 Å². The monoisotopic (exact) mass is 367 g/mol. The second kappa shape index (κ2) is 7.24. The van der Waals surface area contributed by atoms with Gasteiger partial charge in [-0.25, -0.2) is 24.3 Å². The molecule has 1 aliphatic rings. The average Bonchev–Trinajstić information content (AvgIpc) is 2.72. The third kappa shape index (κ3) is 3.31. The van der Waals surface area contributed by atoms with Crippen molar-refractivity contribution < 1.29 is 13.9 Å². The highest BCUT2D eigenvalue weighted by atomic mass is 19.1. The Balaban J connectivity index is 1.70. The number of methoxy groups -OCH3 is 2. The van der Waals surface area contributed by atoms with Gasteiger partial charge in [-0.1, -0.05) is 0 Å². The van der Waals surface area contributed by atoms with Gasteiger partial charge in [0.25, 0.3) is 0 Å². The maximum atomic E-state index is 14.0. The van der Waals surface area contributed by atoms with E-state index in [1.54, 1.807) is 37.8 Å². The lowest BCUT2D eigenvalue weighted by Gasteiger charge is -2.37. The molecule has 0 fully saturated rings. The summed E-state index contributed by atoms with van der Waals surface area (Å²) in [5.41, 5.74) is 2.39. The molecule has 0 spiro atoms. The van der Waals surface area contributed by atoms with Crippen molar-refractivity contribution >= 4 is 5.69 Å². The van der Waals surface area contributed by atoms with E-state index in [0.717, 1.165) is 11.3 Å². The van der Waals surface area contributed by atoms with Crippen LogP contribution < -0.4 is 9.64 Å². The standard InChI is InChI=1S/C19H18FN5O2/c1-26-14-9-12(20)8-13(10-14)25-7-4-16-15(19(25)27-2)11-23-18(24-16)17-21-5-3-6-22-17/h3,5-6,8-11,19H,4,7H2,1-2H3. The summed E-state index contributed by atoms with van der Waals surface area (Å²) in [6.07, 6.45) is 5.27. The van der Waals surface area contributed by atoms with Crippen LogP contribution in [0.5, 0.6) is 5.75 Å². The quantitative estimate of drug-likeness (QED) is 0.702. The molecule has 0 radical (unpaired) electrons. The zero-order valence-corrected chi connectivity index (χ0v) is 15.0. The molecule has 1 unspecified atom stereocenters. The summed E-state index contributed by atoms with van der Waals surface area (Å²) in [4.78, 5) is 19.4. The Morgan fingerprint density at radius 1 is 1.07 bits per heavy atom. The fraction of sp³-hybridized carbons (Fsp3) is 0.263. The lowest BCUT2D eigenvalue weighted by atomic mass is 10.0. The molecule has 1 aliphatic heterocycles. The van der Waals surface area contributed by atoms with Gasteiger partial charge in [0, 0.05) is 62.0 Å². The first-order valence-electron chi connectivity index (χ1n) is 8.47. The number of aromatic nitrogens is 4. The van der Waals surface area contributed by atoms with E-state index in [2.05, 4.69) is 19.9 Å². The van der Waals surface area contributed by atoms with E-state index in [9.17, 15) is 4.39 Å². The fourth-order valence-corrected chi connectivity index (χ4v) is 3.22. The summed E-state index contributed by atoms with van der Waals surface area (Å²) in [5.74, 6) is 1.05. The third-order valence-electron chi connectivity index (χ3n) is 4.45. The van der Waals surface area contributed by atoms with Crippen molar-refractivity contribution in [2.45, 2.75) is 12.6 Å². The highest BCUT2D eigenvalue weighted by Gasteiger charge is 2.30. The zero-order chi connectivity index (χ0) is 18.8. The third-order valence-corrected chi connectivity index (χ3v) is 4.45. The minimum absolute atomic E-state index is 0.363. The fourth-order valence-electron chi connectivity index (χ4n) is 3.22. The lowest BCUT2D eigenvalue weighted by Crippen LogP contribution is -2.37. The van der Waals surface area contributed by atoms with Gasteiger partial charge in [-0.2, -0.15) is 0 Å². The smallest absolute Gasteiger partial charge is 0.197 e. The summed E-state index contributed by atoms with van der Waals surface area (Å²) in [5, 5.41) is 0. The van der Waals surface area contributed by atoms with Gasteiger partial charge in [0.05, 0.1) is 12.8 Å². The molecule has 1 aromatic carbocycles. The Morgan fingerprint density at radius 3 is 2.63 bits per heavy atom. The number of benzene rings is 1. The maximum absolute atomic E-state index is 14.0. The molecule has 0 amide bonds. The number of ether oxygens (including phenoxy) is 2. The molecule has 0 saturated carbocycles. The number of anilines is 1. The van der Waals surface area contributed by atoms with Crippen LogP contribution in [0.3, 0.4) is 0 Å². The van der Waals surface area contributed by atoms with E-state index >= 15 is 0 Å². The van der Waals surface area contributed by atoms with Gasteiger partial charge in [0.1, 0.15) is 11.6 Å². The number of fused-ring (bicyclic) bond motifs is 1. The van der Waals surface area contributed by atoms with Crippen molar-refractivity contribution in [2.75, 3.05) is 25.7 Å². The molecule has 0 N–H and O–H groups in total. The molecule has 0 aliphatic carbocycles. The SMILES string of the molecule is COc1cc(F)cc(N2CCc3nc(-c4ncccn4)ncc3C2OC)c1. The zero-order valence-electron chi connectivity index (χ0n) is 15.0. The summed E-state index contributed by atoms with van der Waals surface area (Å²) in [6, 6.07) is 6.34. The predicted octanol–water partition coefficient (Wildman–Crippen LogP) is 2.79. The van der Waals surface area contributed by atoms with Crippen molar-refractivity contribution in [3.8, 4) is 17.4 Å². The van der Waals surface area contributed by atoms with Gasteiger partial charge in [-0.3, -0.25) is 0 Å². The first-order chi connectivity index (χ1) is 13.2. The number of hydrogen-bond acceptors (Lipinski definition) is 7. The van der Waals surface area contributed by atoms with Crippen molar-refractivity contribution in [3.05, 3.63) is 59.9 Å². The molecule has 4 rings (SSSR count). The average molecular weight is 367 g/mol. The van der Waals surface area contributed by atoms with Crippen LogP contribution in [-0.2, 0) is 11.2 Å². The van der Waals surface area contributed by atoms with E-state index in [-0.39, 0.29) is 5.82 Å². The van der Waals surface area contributed by atoms with Crippen LogP contribution in [0.4, 0.5) is 10.1 Å². The summed E-state index contributed by atoms with van der Waals surface area (Å²) in [6.45, 7) is 0.615. The topological polar surface area (TPSA) is 73.3 Å². The summed E-state index contributed by atoms with van der Waals surface area (Å²) >= 11 is 0. The lowest BCUT2D eigenvalue weighted by molar-refractivity contribution is 0.0933. The molecule has 0 bridgehead atoms. The molecule has 2 aromatic heterocycles. The second-order valence-corrected chi connectivity index (χ2v) is 6.05. The molecule has 1 atom stereocenters. The van der Waals surface area contributed by atoms with Crippen LogP contribution in [0.2, 0.25) is 0 Å². The Hall–Kier alpha value is -3.13. The molecule has 8 heteroatoms. The Kier molecular flexibility index (Phi) is 4.64. The molecule has 138 valence electrons. The Bertz CT molecular complexity index is 954. The maximum Gasteiger partial charge on any atom is 0.197 e. The van der Waals surface area contributed by atoms with Crippen LogP contribution >= 0.6 is 0 Å². The predicted molar refractivity (Wildman–Crippen MR) is 96.8 cm³/mol. The van der Waals surface area contributed by atoms with E-state index in [1.807, 2.05) is 4.90 Å². The molecule has 0 saturated heterocycles. The van der Waals surface area contributed by atoms with Crippen LogP contribution in [0.25, 0.3) is 11.6 Å². The first-order valence-corrected chi connectivity index (χ1v) is 8.47. The Labute approximate surface area is 155 Å². The van der Waals surface area contributed by atoms with E-state index in [1.165, 1.54) is 19.2 Å². The van der Waals surface area contributed by atoms with Gasteiger partial charge in [-0.05, 0) is 12.1 Å². The molecular weight excluding hydrogens is 349 g/mol. The van der Waals surface area contributed by atoms with E-state index < -0.39 is 6.23 Å². The van der Waals surface area contributed by atoms with Crippen molar-refractivity contribution in [1.29, 1.82) is 0 Å². The van der Waals surface area contributed by atoms with Gasteiger partial charge >= 0.3 is 0 Å². The van der Waals surface area contributed by atoms with Crippen molar-refractivity contribution in [3.63, 3.8) is 0 Å². The van der Waals surface area contributed by atoms with Crippen LogP contribution in [0, 0.1) is 5.82 Å². The van der Waals surface area contributed by atoms with Gasteiger partial charge < -0.3 is 14.4 Å². The number of nitrogens with zero attached hydrogens (tertiary/aromatic N) is 5. The molecule has 3 aromatic rings. The Morgan fingerprint density at radius 2 is 1.89 bits per heavy atom. The summed E-state index contributed by atoms with van der Waals surface area (Å²) < 4.78 is 24.8. The van der Waals surface area contributed by atoms with Gasteiger partial charge in [0.15, 0.2) is 17.9 Å². The summed E-state index contributed by atoms with van der Waals surface area (Å²) in [7, 11) is 3.12. The minimum Gasteiger partial charge on any atom is -0.497 e. The first kappa shape index (κ1) is 17.3. The van der Waals surface area contributed by atoms with Crippen molar-refractivity contribution in [2.24, 2.45) is 0 Å². The van der Waals surface area contributed by atoms with Gasteiger partial charge in [0.2, 0.25) is 0 Å². The molecule has 7 nitrogen and oxygen atoms in total. The van der Waals surface area contributed by atoms with Crippen molar-refractivity contribution in [1.82, 2.24) is 19.9 Å². The highest BCUT2D eigenvalue weighted by Crippen LogP contribution is 2.35. The minimum atomic E-state index is -0.425. The molecule has 27 heavy (non-hydrogen) atoms. The number of hydrogen-bond donors (Lipinski definition) is 0. The highest BCUT2D eigenvalue weighted by molar-refractivity contribution is 5.55. The van der Waals surface area contributed by atoms with Crippen LogP contribution in [0.1, 0.15) is 17.5 Å². The normalized spacial score (nSPS) is 16.1. The number of halogens is 1. The van der Waals surface area contributed by atoms with Crippen LogP contribution in [-0.4, -0.2) is 40.7 Å². The largest absolute Gasteiger partial charge is 0.497 e.